The molecule has 0 saturated carbocycles. The molecule has 8 heteroatoms. The predicted molar refractivity (Wildman–Crippen MR) is 86.2 cm³/mol. The normalized spacial score (nSPS) is 18.3. The molecular weight excluding hydrogens is 318 g/mol. The molecule has 122 valence electrons. The van der Waals surface area contributed by atoms with Crippen LogP contribution in [0.5, 0.6) is 0 Å². The summed E-state index contributed by atoms with van der Waals surface area (Å²) in [5.41, 5.74) is 3.46. The number of carbonyl (C=O) groups excluding carboxylic acids is 1. The van der Waals surface area contributed by atoms with E-state index in [1.165, 1.54) is 0 Å². The predicted octanol–water partition coefficient (Wildman–Crippen LogP) is 1.69. The van der Waals surface area contributed by atoms with Crippen molar-refractivity contribution in [3.8, 4) is 0 Å². The second kappa shape index (κ2) is 6.41. The van der Waals surface area contributed by atoms with Crippen molar-refractivity contribution in [2.45, 2.75) is 25.7 Å². The molecule has 0 spiro atoms. The lowest BCUT2D eigenvalue weighted by molar-refractivity contribution is -0.124. The molecule has 2 aliphatic rings. The number of amides is 1. The molecule has 1 aliphatic carbocycles. The minimum atomic E-state index is -3.49. The summed E-state index contributed by atoms with van der Waals surface area (Å²) < 4.78 is 32.4. The van der Waals surface area contributed by atoms with Crippen molar-refractivity contribution in [1.29, 1.82) is 0 Å². The lowest BCUT2D eigenvalue weighted by atomic mass is 10.1. The summed E-state index contributed by atoms with van der Waals surface area (Å²) in [6.45, 7) is -0.0820. The van der Waals surface area contributed by atoms with Crippen LogP contribution in [0.3, 0.4) is 0 Å². The molecule has 23 heavy (non-hydrogen) atoms. The Kier molecular flexibility index (Phi) is 4.33. The molecule has 0 saturated heterocycles. The van der Waals surface area contributed by atoms with Crippen molar-refractivity contribution < 1.29 is 17.9 Å². The Labute approximate surface area is 134 Å². The van der Waals surface area contributed by atoms with Gasteiger partial charge in [-0.15, -0.1) is 5.10 Å². The van der Waals surface area contributed by atoms with Crippen molar-refractivity contribution in [2.75, 3.05) is 11.3 Å². The molecule has 0 atom stereocenters. The largest absolute Gasteiger partial charge is 0.466 e. The molecule has 0 radical (unpaired) electrons. The summed E-state index contributed by atoms with van der Waals surface area (Å²) in [7, 11) is -3.49. The van der Waals surface area contributed by atoms with E-state index in [2.05, 4.69) is 15.2 Å². The molecule has 1 amide bonds. The van der Waals surface area contributed by atoms with Crippen LogP contribution in [0, 0.1) is 0 Å². The molecule has 1 heterocycles. The maximum Gasteiger partial charge on any atom is 0.278 e. The summed E-state index contributed by atoms with van der Waals surface area (Å²) in [6, 6.07) is 6.64. The summed E-state index contributed by atoms with van der Waals surface area (Å²) in [4.78, 5) is 11.4. The van der Waals surface area contributed by atoms with Gasteiger partial charge in [0.05, 0.1) is 4.91 Å². The van der Waals surface area contributed by atoms with E-state index in [0.29, 0.717) is 28.5 Å². The second-order valence-electron chi connectivity index (χ2n) is 5.34. The van der Waals surface area contributed by atoms with Crippen LogP contribution in [-0.4, -0.2) is 26.8 Å². The third-order valence-electron chi connectivity index (χ3n) is 3.60. The Morgan fingerprint density at radius 3 is 2.57 bits per heavy atom. The molecule has 1 aliphatic heterocycles. The third kappa shape index (κ3) is 3.70. The lowest BCUT2D eigenvalue weighted by Crippen LogP contribution is -2.32. The molecule has 1 aromatic carbocycles. The van der Waals surface area contributed by atoms with Crippen LogP contribution in [0.4, 0.5) is 5.69 Å². The summed E-state index contributed by atoms with van der Waals surface area (Å²) in [6.07, 6.45) is 5.10. The van der Waals surface area contributed by atoms with E-state index in [4.69, 9.17) is 4.74 Å². The first-order valence-corrected chi connectivity index (χ1v) is 8.84. The smallest absolute Gasteiger partial charge is 0.278 e. The van der Waals surface area contributed by atoms with Crippen molar-refractivity contribution in [1.82, 2.24) is 5.43 Å². The molecule has 7 nitrogen and oxygen atoms in total. The SMILES string of the molecule is O=C1COC(c2ccc(NS(=O)(=O)C3=CCCCC3)cc2)=NN1. The van der Waals surface area contributed by atoms with Gasteiger partial charge in [0.25, 0.3) is 15.9 Å². The maximum atomic E-state index is 12.3. The van der Waals surface area contributed by atoms with E-state index in [1.807, 2.05) is 0 Å². The van der Waals surface area contributed by atoms with E-state index < -0.39 is 10.0 Å². The number of nitrogens with one attached hydrogen (secondary N) is 2. The number of nitrogens with zero attached hydrogens (tertiary/aromatic N) is 1. The first kappa shape index (κ1) is 15.5. The van der Waals surface area contributed by atoms with E-state index in [1.54, 1.807) is 30.3 Å². The van der Waals surface area contributed by atoms with Gasteiger partial charge >= 0.3 is 0 Å². The van der Waals surface area contributed by atoms with Gasteiger partial charge in [-0.05, 0) is 49.9 Å². The number of allylic oxidation sites excluding steroid dienone is 2. The lowest BCUT2D eigenvalue weighted by Gasteiger charge is -2.16. The van der Waals surface area contributed by atoms with Crippen LogP contribution in [0.2, 0.25) is 0 Å². The average molecular weight is 335 g/mol. The Morgan fingerprint density at radius 1 is 1.17 bits per heavy atom. The van der Waals surface area contributed by atoms with Crippen molar-refractivity contribution in [2.24, 2.45) is 5.10 Å². The van der Waals surface area contributed by atoms with E-state index >= 15 is 0 Å². The number of sulfonamides is 1. The molecular formula is C15H17N3O4S. The highest BCUT2D eigenvalue weighted by Crippen LogP contribution is 2.24. The van der Waals surface area contributed by atoms with Crippen LogP contribution < -0.4 is 10.1 Å². The van der Waals surface area contributed by atoms with Crippen molar-refractivity contribution >= 4 is 27.5 Å². The third-order valence-corrected chi connectivity index (χ3v) is 5.17. The van der Waals surface area contributed by atoms with Gasteiger partial charge in [0.1, 0.15) is 0 Å². The van der Waals surface area contributed by atoms with Gasteiger partial charge in [0, 0.05) is 11.3 Å². The summed E-state index contributed by atoms with van der Waals surface area (Å²) in [5, 5.41) is 3.81. The van der Waals surface area contributed by atoms with Crippen LogP contribution in [-0.2, 0) is 19.6 Å². The van der Waals surface area contributed by atoms with E-state index in [-0.39, 0.29) is 12.5 Å². The zero-order valence-electron chi connectivity index (χ0n) is 12.4. The van der Waals surface area contributed by atoms with Gasteiger partial charge < -0.3 is 4.74 Å². The highest BCUT2D eigenvalue weighted by atomic mass is 32.2. The first-order valence-electron chi connectivity index (χ1n) is 7.36. The quantitative estimate of drug-likeness (QED) is 0.875. The maximum absolute atomic E-state index is 12.3. The highest BCUT2D eigenvalue weighted by Gasteiger charge is 2.20. The number of anilines is 1. The standard InChI is InChI=1S/C15H17N3O4S/c19-14-10-22-15(17-16-14)11-6-8-12(9-7-11)18-23(20,21)13-4-2-1-3-5-13/h4,6-9,18H,1-3,5,10H2,(H,16,19). The minimum Gasteiger partial charge on any atom is -0.466 e. The minimum absolute atomic E-state index is 0.0820. The molecule has 1 aromatic rings. The number of hydrogen-bond donors (Lipinski definition) is 2. The molecule has 0 fully saturated rings. The topological polar surface area (TPSA) is 96.9 Å². The summed E-state index contributed by atoms with van der Waals surface area (Å²) in [5.74, 6) is -0.00659. The molecule has 2 N–H and O–H groups in total. The van der Waals surface area contributed by atoms with Crippen molar-refractivity contribution in [3.05, 3.63) is 40.8 Å². The molecule has 3 rings (SSSR count). The van der Waals surface area contributed by atoms with Gasteiger partial charge in [-0.3, -0.25) is 9.52 Å². The Morgan fingerprint density at radius 2 is 1.96 bits per heavy atom. The van der Waals surface area contributed by atoms with E-state index in [9.17, 15) is 13.2 Å². The fraction of sp³-hybridized carbons (Fsp3) is 0.333. The number of carbonyl (C=O) groups is 1. The number of hydrazone groups is 1. The van der Waals surface area contributed by atoms with Crippen LogP contribution in [0.25, 0.3) is 0 Å². The highest BCUT2D eigenvalue weighted by molar-refractivity contribution is 7.96. The zero-order chi connectivity index (χ0) is 16.3. The fourth-order valence-electron chi connectivity index (χ4n) is 2.41. The average Bonchev–Trinajstić information content (AvgIpc) is 2.57. The van der Waals surface area contributed by atoms with Gasteiger partial charge in [-0.25, -0.2) is 13.8 Å². The van der Waals surface area contributed by atoms with Crippen LogP contribution >= 0.6 is 0 Å². The molecule has 0 bridgehead atoms. The van der Waals surface area contributed by atoms with Gasteiger partial charge in [0.2, 0.25) is 5.90 Å². The summed E-state index contributed by atoms with van der Waals surface area (Å²) >= 11 is 0. The van der Waals surface area contributed by atoms with Crippen LogP contribution in [0.15, 0.2) is 40.3 Å². The van der Waals surface area contributed by atoms with Crippen molar-refractivity contribution in [3.63, 3.8) is 0 Å². The number of ether oxygens (including phenoxy) is 1. The first-order chi connectivity index (χ1) is 11.0. The number of benzene rings is 1. The van der Waals surface area contributed by atoms with Gasteiger partial charge in [-0.2, -0.15) is 0 Å². The monoisotopic (exact) mass is 335 g/mol. The zero-order valence-corrected chi connectivity index (χ0v) is 13.2. The number of rotatable bonds is 4. The fourth-order valence-corrected chi connectivity index (χ4v) is 3.74. The number of hydrogen-bond acceptors (Lipinski definition) is 5. The Bertz CT molecular complexity index is 766. The Hall–Kier alpha value is -2.35. The second-order valence-corrected chi connectivity index (χ2v) is 7.08. The Balaban J connectivity index is 1.72. The molecule has 0 unspecified atom stereocenters. The van der Waals surface area contributed by atoms with Gasteiger partial charge in [0.15, 0.2) is 6.61 Å². The van der Waals surface area contributed by atoms with Crippen LogP contribution in [0.1, 0.15) is 31.2 Å². The molecule has 0 aromatic heterocycles. The van der Waals surface area contributed by atoms with Gasteiger partial charge in [-0.1, -0.05) is 6.08 Å². The van der Waals surface area contributed by atoms with E-state index in [0.717, 1.165) is 19.3 Å².